The van der Waals surface area contributed by atoms with Crippen molar-refractivity contribution >= 4 is 17.1 Å². The first-order chi connectivity index (χ1) is 12.7. The molecule has 26 heavy (non-hydrogen) atoms. The van der Waals surface area contributed by atoms with Gasteiger partial charge in [0, 0.05) is 5.69 Å². The first-order valence-corrected chi connectivity index (χ1v) is 9.25. The number of rotatable bonds is 4. The zero-order valence-electron chi connectivity index (χ0n) is 15.6. The molecule has 0 spiro atoms. The van der Waals surface area contributed by atoms with Gasteiger partial charge >= 0.3 is 0 Å². The van der Waals surface area contributed by atoms with Gasteiger partial charge in [0.25, 0.3) is 0 Å². The lowest BCUT2D eigenvalue weighted by Crippen LogP contribution is -2.25. The molecule has 0 amide bonds. The monoisotopic (exact) mass is 340 g/mol. The number of para-hydroxylation sites is 3. The van der Waals surface area contributed by atoms with E-state index in [-0.39, 0.29) is 6.04 Å². The van der Waals surface area contributed by atoms with Crippen LogP contribution in [0.3, 0.4) is 0 Å². The maximum absolute atomic E-state index is 3.63. The van der Waals surface area contributed by atoms with Gasteiger partial charge in [0.05, 0.1) is 17.4 Å². The van der Waals surface area contributed by atoms with Gasteiger partial charge in [-0.15, -0.1) is 0 Å². The molecule has 1 aliphatic heterocycles. The highest BCUT2D eigenvalue weighted by atomic mass is 15.4. The smallest absolute Gasteiger partial charge is 0.214 e. The largest absolute Gasteiger partial charge is 0.332 e. The lowest BCUT2D eigenvalue weighted by atomic mass is 10.0. The predicted molar refractivity (Wildman–Crippen MR) is 110 cm³/mol. The Morgan fingerprint density at radius 3 is 1.92 bits per heavy atom. The molecule has 0 aliphatic carbocycles. The Morgan fingerprint density at radius 2 is 1.23 bits per heavy atom. The minimum atomic E-state index is 0.216. The number of nitrogens with zero attached hydrogens (tertiary/aromatic N) is 2. The summed E-state index contributed by atoms with van der Waals surface area (Å²) in [4.78, 5) is 4.46. The van der Waals surface area contributed by atoms with E-state index in [0.29, 0.717) is 5.92 Å². The fraction of sp³-hybridized carbons (Fsp3) is 0.208. The van der Waals surface area contributed by atoms with Crippen molar-refractivity contribution in [1.29, 1.82) is 0 Å². The molecule has 1 aliphatic rings. The predicted octanol–water partition coefficient (Wildman–Crippen LogP) is 6.53. The van der Waals surface area contributed by atoms with E-state index in [1.165, 1.54) is 28.2 Å². The van der Waals surface area contributed by atoms with Crippen LogP contribution in [0.25, 0.3) is 0 Å². The van der Waals surface area contributed by atoms with Gasteiger partial charge in [0.15, 0.2) is 0 Å². The first kappa shape index (κ1) is 16.7. The van der Waals surface area contributed by atoms with Crippen LogP contribution in [0.1, 0.15) is 43.9 Å². The standard InChI is InChI=1S/C24H24N2/c1-18(2)21-13-7-8-14-22(21)26-17-25(23-15-9-10-16-24(23)26)19(3)20-11-5-4-6-12-20/h4-16,18-19H,1-3H3/t19-/m0/s1. The summed E-state index contributed by atoms with van der Waals surface area (Å²) in [6.07, 6.45) is 0. The van der Waals surface area contributed by atoms with Crippen molar-refractivity contribution in [3.63, 3.8) is 0 Å². The Kier molecular flexibility index (Phi) is 4.42. The van der Waals surface area contributed by atoms with Gasteiger partial charge in [-0.2, -0.15) is 0 Å². The minimum Gasteiger partial charge on any atom is -0.332 e. The Labute approximate surface area is 156 Å². The molecule has 0 unspecified atom stereocenters. The average molecular weight is 340 g/mol. The number of anilines is 3. The zero-order chi connectivity index (χ0) is 18.1. The van der Waals surface area contributed by atoms with Gasteiger partial charge in [-0.25, -0.2) is 0 Å². The molecule has 2 radical (unpaired) electrons. The van der Waals surface area contributed by atoms with Crippen LogP contribution in [0.5, 0.6) is 0 Å². The normalized spacial score (nSPS) is 14.6. The molecule has 4 rings (SSSR count). The highest BCUT2D eigenvalue weighted by Crippen LogP contribution is 2.47. The summed E-state index contributed by atoms with van der Waals surface area (Å²) in [5, 5.41) is 0. The molecule has 2 nitrogen and oxygen atoms in total. The Balaban J connectivity index is 1.76. The van der Waals surface area contributed by atoms with E-state index in [1.807, 2.05) is 0 Å². The molecule has 0 bridgehead atoms. The highest BCUT2D eigenvalue weighted by molar-refractivity contribution is 5.86. The summed E-state index contributed by atoms with van der Waals surface area (Å²) >= 11 is 0. The second kappa shape index (κ2) is 6.87. The molecule has 0 fully saturated rings. The van der Waals surface area contributed by atoms with Crippen LogP contribution >= 0.6 is 0 Å². The molecule has 3 aromatic rings. The third-order valence-corrected chi connectivity index (χ3v) is 5.06. The van der Waals surface area contributed by atoms with E-state index in [1.54, 1.807) is 0 Å². The van der Waals surface area contributed by atoms with Crippen LogP contribution < -0.4 is 9.80 Å². The summed E-state index contributed by atoms with van der Waals surface area (Å²) in [6.45, 7) is 10.3. The topological polar surface area (TPSA) is 6.48 Å². The van der Waals surface area contributed by atoms with E-state index in [0.717, 1.165) is 0 Å². The van der Waals surface area contributed by atoms with Crippen LogP contribution in [0.4, 0.5) is 17.1 Å². The Morgan fingerprint density at radius 1 is 0.654 bits per heavy atom. The van der Waals surface area contributed by atoms with Gasteiger partial charge in [0.1, 0.15) is 0 Å². The van der Waals surface area contributed by atoms with Crippen molar-refractivity contribution in [1.82, 2.24) is 0 Å². The fourth-order valence-electron chi connectivity index (χ4n) is 3.61. The lowest BCUT2D eigenvalue weighted by Gasteiger charge is -2.27. The van der Waals surface area contributed by atoms with Crippen molar-refractivity contribution in [3.05, 3.63) is 96.7 Å². The van der Waals surface area contributed by atoms with E-state index in [4.69, 9.17) is 0 Å². The molecular weight excluding hydrogens is 316 g/mol. The SMILES string of the molecule is CC(C)c1ccccc1N1[C]N([C@@H](C)c2ccccc2)c2ccccc21. The van der Waals surface area contributed by atoms with Gasteiger partial charge < -0.3 is 9.80 Å². The van der Waals surface area contributed by atoms with Crippen LogP contribution in [-0.2, 0) is 0 Å². The fourth-order valence-corrected chi connectivity index (χ4v) is 3.61. The van der Waals surface area contributed by atoms with E-state index >= 15 is 0 Å². The van der Waals surface area contributed by atoms with Gasteiger partial charge in [0.2, 0.25) is 6.67 Å². The summed E-state index contributed by atoms with van der Waals surface area (Å²) in [5.74, 6) is 0.459. The second-order valence-electron chi connectivity index (χ2n) is 7.09. The maximum Gasteiger partial charge on any atom is 0.214 e. The Bertz CT molecular complexity index is 885. The van der Waals surface area contributed by atoms with Crippen LogP contribution in [0.15, 0.2) is 78.9 Å². The lowest BCUT2D eigenvalue weighted by molar-refractivity contribution is 0.741. The molecule has 1 heterocycles. The molecule has 2 heteroatoms. The molecule has 130 valence electrons. The van der Waals surface area contributed by atoms with Crippen LogP contribution in [0.2, 0.25) is 0 Å². The van der Waals surface area contributed by atoms with Crippen LogP contribution in [-0.4, -0.2) is 0 Å². The number of fused-ring (bicyclic) bond motifs is 1. The minimum absolute atomic E-state index is 0.216. The van der Waals surface area contributed by atoms with E-state index < -0.39 is 0 Å². The van der Waals surface area contributed by atoms with Crippen LogP contribution in [0, 0.1) is 6.67 Å². The van der Waals surface area contributed by atoms with Gasteiger partial charge in [-0.1, -0.05) is 74.5 Å². The maximum atomic E-state index is 3.63. The zero-order valence-corrected chi connectivity index (χ0v) is 15.6. The second-order valence-corrected chi connectivity index (χ2v) is 7.09. The molecule has 3 aromatic carbocycles. The quantitative estimate of drug-likeness (QED) is 0.533. The van der Waals surface area contributed by atoms with Crippen molar-refractivity contribution in [3.8, 4) is 0 Å². The molecular formula is C24H24N2. The summed E-state index contributed by atoms with van der Waals surface area (Å²) < 4.78 is 0. The van der Waals surface area contributed by atoms with Gasteiger partial charge in [-0.3, -0.25) is 0 Å². The highest BCUT2D eigenvalue weighted by Gasteiger charge is 2.33. The first-order valence-electron chi connectivity index (χ1n) is 9.25. The third-order valence-electron chi connectivity index (χ3n) is 5.06. The molecule has 0 aromatic heterocycles. The summed E-state index contributed by atoms with van der Waals surface area (Å²) in [5.41, 5.74) is 6.21. The molecule has 1 atom stereocenters. The molecule has 0 saturated heterocycles. The van der Waals surface area contributed by atoms with Crippen molar-refractivity contribution in [2.75, 3.05) is 9.80 Å². The van der Waals surface area contributed by atoms with Crippen molar-refractivity contribution in [2.24, 2.45) is 0 Å². The molecule has 0 saturated carbocycles. The summed E-state index contributed by atoms with van der Waals surface area (Å²) in [6, 6.07) is 28.0. The van der Waals surface area contributed by atoms with Crippen molar-refractivity contribution in [2.45, 2.75) is 32.7 Å². The van der Waals surface area contributed by atoms with Crippen molar-refractivity contribution < 1.29 is 0 Å². The van der Waals surface area contributed by atoms with E-state index in [2.05, 4.69) is 116 Å². The average Bonchev–Trinajstić information content (AvgIpc) is 3.07. The van der Waals surface area contributed by atoms with E-state index in [9.17, 15) is 0 Å². The third kappa shape index (κ3) is 2.86. The number of hydrogen-bond donors (Lipinski definition) is 0. The summed E-state index contributed by atoms with van der Waals surface area (Å²) in [7, 11) is 0. The Hall–Kier alpha value is -2.74. The van der Waals surface area contributed by atoms with Gasteiger partial charge in [-0.05, 0) is 42.2 Å². The number of benzene rings is 3. The molecule has 0 N–H and O–H groups in total. The number of hydrogen-bond acceptors (Lipinski definition) is 2.